The van der Waals surface area contributed by atoms with Crippen molar-refractivity contribution in [2.75, 3.05) is 12.3 Å². The van der Waals surface area contributed by atoms with Crippen molar-refractivity contribution in [2.24, 2.45) is 0 Å². The SMILES string of the molecule is Nc1cccc(-c2cccc(C3OC(CO)C(O)C(O)C3O)c2)c1. The van der Waals surface area contributed by atoms with Crippen molar-refractivity contribution in [3.63, 3.8) is 0 Å². The lowest BCUT2D eigenvalue weighted by Gasteiger charge is -2.40. The van der Waals surface area contributed by atoms with E-state index in [1.165, 1.54) is 0 Å². The predicted molar refractivity (Wildman–Crippen MR) is 89.0 cm³/mol. The first-order valence-corrected chi connectivity index (χ1v) is 7.77. The van der Waals surface area contributed by atoms with Crippen LogP contribution in [0.2, 0.25) is 0 Å². The quantitative estimate of drug-likeness (QED) is 0.522. The van der Waals surface area contributed by atoms with E-state index < -0.39 is 37.1 Å². The number of nitrogens with two attached hydrogens (primary N) is 1. The average Bonchev–Trinajstić information content (AvgIpc) is 2.60. The molecule has 0 radical (unpaired) electrons. The van der Waals surface area contributed by atoms with Gasteiger partial charge in [-0.05, 0) is 34.9 Å². The van der Waals surface area contributed by atoms with Crippen molar-refractivity contribution in [1.82, 2.24) is 0 Å². The standard InChI is InChI=1S/C18H21NO5/c19-13-6-2-4-11(8-13)10-3-1-5-12(7-10)18-17(23)16(22)15(21)14(9-20)24-18/h1-8,14-18,20-23H,9,19H2. The molecule has 1 aliphatic heterocycles. The summed E-state index contributed by atoms with van der Waals surface area (Å²) in [4.78, 5) is 0. The van der Waals surface area contributed by atoms with Crippen LogP contribution in [0.4, 0.5) is 5.69 Å². The van der Waals surface area contributed by atoms with Crippen molar-refractivity contribution in [1.29, 1.82) is 0 Å². The number of anilines is 1. The van der Waals surface area contributed by atoms with E-state index >= 15 is 0 Å². The predicted octanol–water partition coefficient (Wildman–Crippen LogP) is 0.451. The molecular formula is C18H21NO5. The topological polar surface area (TPSA) is 116 Å². The number of benzene rings is 2. The maximum absolute atomic E-state index is 10.2. The Bertz CT molecular complexity index is 705. The van der Waals surface area contributed by atoms with Crippen LogP contribution in [0.3, 0.4) is 0 Å². The van der Waals surface area contributed by atoms with Crippen molar-refractivity contribution in [3.8, 4) is 11.1 Å². The van der Waals surface area contributed by atoms with Gasteiger partial charge in [0.25, 0.3) is 0 Å². The van der Waals surface area contributed by atoms with Crippen molar-refractivity contribution >= 4 is 5.69 Å². The van der Waals surface area contributed by atoms with Crippen molar-refractivity contribution < 1.29 is 25.2 Å². The molecule has 2 aromatic rings. The summed E-state index contributed by atoms with van der Waals surface area (Å²) in [5.41, 5.74) is 8.91. The van der Waals surface area contributed by atoms with Gasteiger partial charge in [0.1, 0.15) is 30.5 Å². The molecule has 24 heavy (non-hydrogen) atoms. The number of aliphatic hydroxyl groups excluding tert-OH is 4. The van der Waals surface area contributed by atoms with E-state index in [4.69, 9.17) is 10.5 Å². The highest BCUT2D eigenvalue weighted by Crippen LogP contribution is 2.34. The maximum Gasteiger partial charge on any atom is 0.113 e. The summed E-state index contributed by atoms with van der Waals surface area (Å²) >= 11 is 0. The van der Waals surface area contributed by atoms with Gasteiger partial charge in [-0.3, -0.25) is 0 Å². The number of rotatable bonds is 3. The Morgan fingerprint density at radius 2 is 1.54 bits per heavy atom. The molecule has 1 fully saturated rings. The van der Waals surface area contributed by atoms with E-state index in [1.807, 2.05) is 36.4 Å². The number of ether oxygens (including phenoxy) is 1. The molecule has 1 heterocycles. The zero-order valence-corrected chi connectivity index (χ0v) is 13.0. The third-order valence-corrected chi connectivity index (χ3v) is 4.33. The molecule has 5 atom stereocenters. The van der Waals surface area contributed by atoms with E-state index in [2.05, 4.69) is 0 Å². The second kappa shape index (κ2) is 6.88. The number of hydrogen-bond acceptors (Lipinski definition) is 6. The zero-order chi connectivity index (χ0) is 17.3. The minimum absolute atomic E-state index is 0.448. The minimum Gasteiger partial charge on any atom is -0.399 e. The molecule has 0 saturated carbocycles. The fraction of sp³-hybridized carbons (Fsp3) is 0.333. The van der Waals surface area contributed by atoms with Crippen LogP contribution in [0, 0.1) is 0 Å². The van der Waals surface area contributed by atoms with Gasteiger partial charge in [0.05, 0.1) is 6.61 Å². The van der Waals surface area contributed by atoms with E-state index in [0.717, 1.165) is 11.1 Å². The maximum atomic E-state index is 10.2. The highest BCUT2D eigenvalue weighted by atomic mass is 16.5. The van der Waals surface area contributed by atoms with Crippen LogP contribution in [-0.4, -0.2) is 51.4 Å². The fourth-order valence-corrected chi connectivity index (χ4v) is 2.99. The summed E-state index contributed by atoms with van der Waals surface area (Å²) in [6, 6.07) is 14.7. The molecule has 2 aromatic carbocycles. The van der Waals surface area contributed by atoms with Crippen LogP contribution in [0.15, 0.2) is 48.5 Å². The molecular weight excluding hydrogens is 310 g/mol. The first-order chi connectivity index (χ1) is 11.5. The smallest absolute Gasteiger partial charge is 0.113 e. The third kappa shape index (κ3) is 3.15. The molecule has 0 amide bonds. The number of hydrogen-bond donors (Lipinski definition) is 5. The molecule has 0 aromatic heterocycles. The lowest BCUT2D eigenvalue weighted by atomic mass is 9.90. The Balaban J connectivity index is 1.93. The molecule has 1 saturated heterocycles. The molecule has 5 unspecified atom stereocenters. The molecule has 128 valence electrons. The van der Waals surface area contributed by atoms with Gasteiger partial charge in [0.2, 0.25) is 0 Å². The van der Waals surface area contributed by atoms with Gasteiger partial charge in [-0.2, -0.15) is 0 Å². The Morgan fingerprint density at radius 1 is 0.875 bits per heavy atom. The van der Waals surface area contributed by atoms with Crippen LogP contribution < -0.4 is 5.73 Å². The van der Waals surface area contributed by atoms with E-state index in [0.29, 0.717) is 11.3 Å². The summed E-state index contributed by atoms with van der Waals surface area (Å²) < 4.78 is 5.60. The van der Waals surface area contributed by atoms with Gasteiger partial charge in [-0.25, -0.2) is 0 Å². The van der Waals surface area contributed by atoms with Crippen LogP contribution in [0.25, 0.3) is 11.1 Å². The summed E-state index contributed by atoms with van der Waals surface area (Å²) in [7, 11) is 0. The highest BCUT2D eigenvalue weighted by molar-refractivity contribution is 5.68. The van der Waals surface area contributed by atoms with Crippen LogP contribution in [0.1, 0.15) is 11.7 Å². The van der Waals surface area contributed by atoms with Crippen molar-refractivity contribution in [3.05, 3.63) is 54.1 Å². The lowest BCUT2D eigenvalue weighted by Crippen LogP contribution is -2.55. The number of aliphatic hydroxyl groups is 4. The molecule has 1 aliphatic rings. The van der Waals surface area contributed by atoms with E-state index in [1.54, 1.807) is 12.1 Å². The van der Waals surface area contributed by atoms with Crippen LogP contribution in [-0.2, 0) is 4.74 Å². The summed E-state index contributed by atoms with van der Waals surface area (Å²) in [5, 5.41) is 39.4. The molecule has 0 spiro atoms. The Kier molecular flexibility index (Phi) is 4.84. The van der Waals surface area contributed by atoms with Gasteiger partial charge in [0, 0.05) is 5.69 Å². The van der Waals surface area contributed by atoms with Gasteiger partial charge >= 0.3 is 0 Å². The Morgan fingerprint density at radius 3 is 2.21 bits per heavy atom. The molecule has 0 aliphatic carbocycles. The number of nitrogen functional groups attached to an aromatic ring is 1. The average molecular weight is 331 g/mol. The second-order valence-corrected chi connectivity index (χ2v) is 6.00. The van der Waals surface area contributed by atoms with Gasteiger partial charge in [0.15, 0.2) is 0 Å². The zero-order valence-electron chi connectivity index (χ0n) is 13.0. The summed E-state index contributed by atoms with van der Waals surface area (Å²) in [6.45, 7) is -0.448. The normalized spacial score (nSPS) is 30.2. The van der Waals surface area contributed by atoms with Gasteiger partial charge in [-0.15, -0.1) is 0 Å². The van der Waals surface area contributed by atoms with E-state index in [9.17, 15) is 20.4 Å². The van der Waals surface area contributed by atoms with Crippen LogP contribution >= 0.6 is 0 Å². The van der Waals surface area contributed by atoms with Crippen LogP contribution in [0.5, 0.6) is 0 Å². The van der Waals surface area contributed by atoms with E-state index in [-0.39, 0.29) is 0 Å². The summed E-state index contributed by atoms with van der Waals surface area (Å²) in [6.07, 6.45) is -5.82. The molecule has 0 bridgehead atoms. The van der Waals surface area contributed by atoms with Gasteiger partial charge < -0.3 is 30.9 Å². The monoisotopic (exact) mass is 331 g/mol. The first-order valence-electron chi connectivity index (χ1n) is 7.77. The second-order valence-electron chi connectivity index (χ2n) is 6.00. The molecule has 6 N–H and O–H groups in total. The fourth-order valence-electron chi connectivity index (χ4n) is 2.99. The highest BCUT2D eigenvalue weighted by Gasteiger charge is 2.43. The Hall–Kier alpha value is -1.96. The molecule has 6 heteroatoms. The third-order valence-electron chi connectivity index (χ3n) is 4.33. The first kappa shape index (κ1) is 16.9. The largest absolute Gasteiger partial charge is 0.399 e. The summed E-state index contributed by atoms with van der Waals surface area (Å²) in [5.74, 6) is 0. The molecule has 6 nitrogen and oxygen atoms in total. The minimum atomic E-state index is -1.39. The molecule has 3 rings (SSSR count). The Labute approximate surface area is 139 Å². The van der Waals surface area contributed by atoms with Gasteiger partial charge in [-0.1, -0.05) is 30.3 Å². The lowest BCUT2D eigenvalue weighted by molar-refractivity contribution is -0.231. The van der Waals surface area contributed by atoms with Crippen molar-refractivity contribution in [2.45, 2.75) is 30.5 Å².